The number of aromatic carboxylic acids is 1. The van der Waals surface area contributed by atoms with Crippen LogP contribution >= 0.6 is 0 Å². The second-order valence-corrected chi connectivity index (χ2v) is 3.72. The second kappa shape index (κ2) is 3.52. The first-order valence-corrected chi connectivity index (χ1v) is 4.87. The Kier molecular flexibility index (Phi) is 2.30. The molecule has 1 aliphatic heterocycles. The summed E-state index contributed by atoms with van der Waals surface area (Å²) in [6, 6.07) is 2.86. The van der Waals surface area contributed by atoms with E-state index >= 15 is 0 Å². The van der Waals surface area contributed by atoms with Crippen LogP contribution in [0.2, 0.25) is 0 Å². The van der Waals surface area contributed by atoms with Crippen molar-refractivity contribution in [2.45, 2.75) is 12.8 Å². The smallest absolute Gasteiger partial charge is 0.339 e. The molecule has 2 N–H and O–H groups in total. The number of rotatable bonds is 1. The predicted octanol–water partition coefficient (Wildman–Crippen LogP) is 0.999. The fourth-order valence-electron chi connectivity index (χ4n) is 1.89. The van der Waals surface area contributed by atoms with Gasteiger partial charge in [0.2, 0.25) is 5.91 Å². The van der Waals surface area contributed by atoms with E-state index in [1.807, 2.05) is 0 Å². The minimum atomic E-state index is -1.17. The Hall–Kier alpha value is -2.04. The van der Waals surface area contributed by atoms with E-state index in [9.17, 15) is 14.7 Å². The number of phenols is 1. The molecule has 1 aliphatic rings. The van der Waals surface area contributed by atoms with E-state index in [1.165, 1.54) is 11.0 Å². The summed E-state index contributed by atoms with van der Waals surface area (Å²) in [5.41, 5.74) is 0.988. The summed E-state index contributed by atoms with van der Waals surface area (Å²) in [6.45, 7) is 0. The highest BCUT2D eigenvalue weighted by Gasteiger charge is 2.25. The Morgan fingerprint density at radius 3 is 2.69 bits per heavy atom. The molecule has 0 unspecified atom stereocenters. The number of carboxylic acid groups (broad SMARTS) is 1. The lowest BCUT2D eigenvalue weighted by Crippen LogP contribution is -2.31. The highest BCUT2D eigenvalue weighted by Crippen LogP contribution is 2.35. The van der Waals surface area contributed by atoms with Crippen molar-refractivity contribution >= 4 is 17.6 Å². The Morgan fingerprint density at radius 2 is 2.06 bits per heavy atom. The van der Waals surface area contributed by atoms with Gasteiger partial charge in [0.15, 0.2) is 0 Å². The van der Waals surface area contributed by atoms with Crippen LogP contribution in [0.25, 0.3) is 0 Å². The summed E-state index contributed by atoms with van der Waals surface area (Å²) in [5, 5.41) is 18.6. The Morgan fingerprint density at radius 1 is 1.38 bits per heavy atom. The number of benzene rings is 1. The summed E-state index contributed by atoms with van der Waals surface area (Å²) in [4.78, 5) is 23.7. The third-order valence-corrected chi connectivity index (χ3v) is 2.81. The van der Waals surface area contributed by atoms with Crippen LogP contribution in [0.5, 0.6) is 5.75 Å². The fourth-order valence-corrected chi connectivity index (χ4v) is 1.89. The highest BCUT2D eigenvalue weighted by atomic mass is 16.4. The summed E-state index contributed by atoms with van der Waals surface area (Å²) in [5.74, 6) is -1.43. The third kappa shape index (κ3) is 1.41. The van der Waals surface area contributed by atoms with Gasteiger partial charge in [0.05, 0.1) is 5.69 Å². The normalized spacial score (nSPS) is 14.8. The summed E-state index contributed by atoms with van der Waals surface area (Å²) in [7, 11) is 1.61. The lowest BCUT2D eigenvalue weighted by atomic mass is 9.97. The predicted molar refractivity (Wildman–Crippen MR) is 56.8 cm³/mol. The van der Waals surface area contributed by atoms with Gasteiger partial charge < -0.3 is 15.1 Å². The number of anilines is 1. The van der Waals surface area contributed by atoms with E-state index in [0.717, 1.165) is 0 Å². The highest BCUT2D eigenvalue weighted by molar-refractivity contribution is 5.99. The van der Waals surface area contributed by atoms with Crippen LogP contribution in [0.1, 0.15) is 22.3 Å². The van der Waals surface area contributed by atoms with Crippen molar-refractivity contribution in [3.05, 3.63) is 23.3 Å². The third-order valence-electron chi connectivity index (χ3n) is 2.81. The first kappa shape index (κ1) is 10.5. The molecule has 0 fully saturated rings. The van der Waals surface area contributed by atoms with Crippen molar-refractivity contribution in [3.8, 4) is 5.75 Å². The number of nitrogens with zero attached hydrogens (tertiary/aromatic N) is 1. The summed E-state index contributed by atoms with van der Waals surface area (Å²) < 4.78 is 0. The standard InChI is InChI=1S/C11H11NO4/c1-12-8-4-2-7(11(15)16)10(14)6(8)3-5-9(12)13/h2,4,14H,3,5H2,1H3,(H,15,16). The maximum atomic E-state index is 11.4. The molecule has 16 heavy (non-hydrogen) atoms. The molecule has 1 aromatic carbocycles. The molecule has 2 rings (SSSR count). The molecule has 1 heterocycles. The number of aromatic hydroxyl groups is 1. The Labute approximate surface area is 91.9 Å². The van der Waals surface area contributed by atoms with Gasteiger partial charge in [-0.05, 0) is 18.6 Å². The molecule has 84 valence electrons. The van der Waals surface area contributed by atoms with Gasteiger partial charge in [-0.1, -0.05) is 0 Å². The van der Waals surface area contributed by atoms with Gasteiger partial charge in [-0.15, -0.1) is 0 Å². The van der Waals surface area contributed by atoms with E-state index in [0.29, 0.717) is 24.1 Å². The van der Waals surface area contributed by atoms with Crippen molar-refractivity contribution in [1.82, 2.24) is 0 Å². The Bertz CT molecular complexity index is 481. The zero-order valence-corrected chi connectivity index (χ0v) is 8.73. The molecular weight excluding hydrogens is 210 g/mol. The molecule has 5 nitrogen and oxygen atoms in total. The maximum absolute atomic E-state index is 11.4. The second-order valence-electron chi connectivity index (χ2n) is 3.72. The molecule has 5 heteroatoms. The average Bonchev–Trinajstić information content (AvgIpc) is 2.23. The fraction of sp³-hybridized carbons (Fsp3) is 0.273. The van der Waals surface area contributed by atoms with E-state index in [1.54, 1.807) is 13.1 Å². The van der Waals surface area contributed by atoms with Crippen molar-refractivity contribution in [2.24, 2.45) is 0 Å². The van der Waals surface area contributed by atoms with Crippen molar-refractivity contribution in [3.63, 3.8) is 0 Å². The summed E-state index contributed by atoms with van der Waals surface area (Å²) in [6.07, 6.45) is 0.672. The summed E-state index contributed by atoms with van der Waals surface area (Å²) >= 11 is 0. The van der Waals surface area contributed by atoms with E-state index < -0.39 is 5.97 Å². The van der Waals surface area contributed by atoms with Crippen LogP contribution < -0.4 is 4.90 Å². The van der Waals surface area contributed by atoms with Gasteiger partial charge in [-0.25, -0.2) is 4.79 Å². The van der Waals surface area contributed by atoms with E-state index in [-0.39, 0.29) is 17.2 Å². The van der Waals surface area contributed by atoms with Crippen LogP contribution in [-0.4, -0.2) is 29.1 Å². The lowest BCUT2D eigenvalue weighted by Gasteiger charge is -2.26. The molecule has 0 radical (unpaired) electrons. The molecule has 1 amide bonds. The molecule has 0 saturated heterocycles. The number of carbonyl (C=O) groups is 2. The van der Waals surface area contributed by atoms with Crippen molar-refractivity contribution in [2.75, 3.05) is 11.9 Å². The molecule has 0 aromatic heterocycles. The SMILES string of the molecule is CN1C(=O)CCc2c1ccc(C(=O)O)c2O. The van der Waals surface area contributed by atoms with Gasteiger partial charge in [-0.2, -0.15) is 0 Å². The van der Waals surface area contributed by atoms with Gasteiger partial charge in [0.25, 0.3) is 0 Å². The van der Waals surface area contributed by atoms with E-state index in [2.05, 4.69) is 0 Å². The molecule has 0 saturated carbocycles. The number of fused-ring (bicyclic) bond motifs is 1. The monoisotopic (exact) mass is 221 g/mol. The van der Waals surface area contributed by atoms with Crippen LogP contribution in [0.15, 0.2) is 12.1 Å². The van der Waals surface area contributed by atoms with Gasteiger partial charge in [0.1, 0.15) is 11.3 Å². The van der Waals surface area contributed by atoms with Crippen LogP contribution in [0.4, 0.5) is 5.69 Å². The van der Waals surface area contributed by atoms with Crippen molar-refractivity contribution < 1.29 is 19.8 Å². The molecule has 0 bridgehead atoms. The van der Waals surface area contributed by atoms with E-state index in [4.69, 9.17) is 5.11 Å². The topological polar surface area (TPSA) is 77.8 Å². The lowest BCUT2D eigenvalue weighted by molar-refractivity contribution is -0.118. The minimum absolute atomic E-state index is 0.0324. The quantitative estimate of drug-likeness (QED) is 0.741. The Balaban J connectivity index is 2.59. The number of carboxylic acids is 1. The zero-order valence-electron chi connectivity index (χ0n) is 8.73. The zero-order chi connectivity index (χ0) is 11.9. The molecule has 0 atom stereocenters. The molecule has 0 spiro atoms. The average molecular weight is 221 g/mol. The number of hydrogen-bond acceptors (Lipinski definition) is 3. The van der Waals surface area contributed by atoms with Crippen LogP contribution in [-0.2, 0) is 11.2 Å². The van der Waals surface area contributed by atoms with Crippen LogP contribution in [0, 0.1) is 0 Å². The van der Waals surface area contributed by atoms with Gasteiger partial charge in [0, 0.05) is 19.0 Å². The first-order valence-electron chi connectivity index (χ1n) is 4.87. The minimum Gasteiger partial charge on any atom is -0.507 e. The number of hydrogen-bond donors (Lipinski definition) is 2. The van der Waals surface area contributed by atoms with Gasteiger partial charge in [-0.3, -0.25) is 4.79 Å². The number of amides is 1. The van der Waals surface area contributed by atoms with Crippen LogP contribution in [0.3, 0.4) is 0 Å². The molecular formula is C11H11NO4. The first-order chi connectivity index (χ1) is 7.52. The van der Waals surface area contributed by atoms with Gasteiger partial charge >= 0.3 is 5.97 Å². The molecule has 1 aromatic rings. The number of carbonyl (C=O) groups excluding carboxylic acids is 1. The van der Waals surface area contributed by atoms with Crippen molar-refractivity contribution in [1.29, 1.82) is 0 Å². The largest absolute Gasteiger partial charge is 0.507 e. The molecule has 0 aliphatic carbocycles. The maximum Gasteiger partial charge on any atom is 0.339 e.